The van der Waals surface area contributed by atoms with Gasteiger partial charge in [-0.3, -0.25) is 0 Å². The molecular weight excluding hydrogens is 927 g/mol. The highest BCUT2D eigenvalue weighted by Crippen LogP contribution is 2.65. The van der Waals surface area contributed by atoms with Gasteiger partial charge in [0.05, 0.1) is 10.8 Å². The van der Waals surface area contributed by atoms with Crippen LogP contribution in [0.3, 0.4) is 0 Å². The number of rotatable bonds is 5. The zero-order valence-corrected chi connectivity index (χ0v) is 41.6. The van der Waals surface area contributed by atoms with Crippen LogP contribution in [0.1, 0.15) is 44.5 Å². The summed E-state index contributed by atoms with van der Waals surface area (Å²) in [5.41, 5.74) is 22.0. The Labute approximate surface area is 440 Å². The summed E-state index contributed by atoms with van der Waals surface area (Å²) < 4.78 is 6.78. The summed E-state index contributed by atoms with van der Waals surface area (Å²) in [5, 5.41) is 2.52. The molecule has 0 amide bonds. The van der Waals surface area contributed by atoms with E-state index in [2.05, 4.69) is 278 Å². The van der Waals surface area contributed by atoms with Gasteiger partial charge in [0.15, 0.2) is 0 Å². The largest absolute Gasteiger partial charge is 0.457 e. The number of para-hydroxylation sites is 2. The number of fused-ring (bicyclic) bond motifs is 20. The number of nitrogens with zero attached hydrogens (tertiary/aromatic N) is 1. The maximum absolute atomic E-state index is 6.78. The Kier molecular flexibility index (Phi) is 9.14. The van der Waals surface area contributed by atoms with Crippen molar-refractivity contribution in [1.82, 2.24) is 0 Å². The Balaban J connectivity index is 0.947. The van der Waals surface area contributed by atoms with Crippen molar-refractivity contribution >= 4 is 39.6 Å². The Bertz CT molecular complexity index is 4220. The third-order valence-electron chi connectivity index (χ3n) is 16.6. The van der Waals surface area contributed by atoms with Crippen molar-refractivity contribution in [3.05, 3.63) is 317 Å². The molecule has 12 aromatic rings. The minimum atomic E-state index is -0.618. The molecule has 0 aromatic heterocycles. The lowest BCUT2D eigenvalue weighted by Gasteiger charge is -2.40. The summed E-state index contributed by atoms with van der Waals surface area (Å²) >= 11 is 1.89. The van der Waals surface area contributed by atoms with Gasteiger partial charge in [-0.2, -0.15) is 0 Å². The molecule has 12 aromatic carbocycles. The van der Waals surface area contributed by atoms with E-state index >= 15 is 0 Å². The minimum absolute atomic E-state index is 0.566. The van der Waals surface area contributed by atoms with E-state index in [1.54, 1.807) is 0 Å². The van der Waals surface area contributed by atoms with Crippen molar-refractivity contribution in [3.63, 3.8) is 0 Å². The van der Waals surface area contributed by atoms with Crippen LogP contribution in [0.5, 0.6) is 11.5 Å². The predicted octanol–water partition coefficient (Wildman–Crippen LogP) is 18.9. The van der Waals surface area contributed by atoms with Crippen LogP contribution in [0.15, 0.2) is 283 Å². The third-order valence-corrected chi connectivity index (χ3v) is 17.8. The zero-order valence-electron chi connectivity index (χ0n) is 40.7. The topological polar surface area (TPSA) is 12.5 Å². The van der Waals surface area contributed by atoms with Gasteiger partial charge in [-0.25, -0.2) is 0 Å². The molecule has 4 aliphatic rings. The second kappa shape index (κ2) is 16.2. The molecule has 2 heterocycles. The standard InChI is InChI=1S/C72H45NOS/c1-2-16-46(17-3-1)47-30-32-48(33-31-47)49-34-37-51(38-35-49)73(52-39-41-56-55-20-6-7-21-58(55)71(64(56)44-52)59-22-8-12-26-66(59)74-67-27-13-9-23-60(67)71)53-40-42-57-65(45-53)72(63-43-36-50-18-4-5-19-54(50)70(57)63)61-24-10-14-28-68(61)75-69-29-15-11-25-62(69)72/h1-45H. The van der Waals surface area contributed by atoms with Crippen molar-refractivity contribution in [3.8, 4) is 56.0 Å². The molecule has 0 fully saturated rings. The van der Waals surface area contributed by atoms with E-state index in [1.165, 1.54) is 98.5 Å². The first-order valence-corrected chi connectivity index (χ1v) is 26.7. The van der Waals surface area contributed by atoms with Crippen LogP contribution < -0.4 is 9.64 Å². The van der Waals surface area contributed by atoms with Crippen LogP contribution in [0, 0.1) is 0 Å². The highest BCUT2D eigenvalue weighted by molar-refractivity contribution is 7.99. The molecule has 75 heavy (non-hydrogen) atoms. The van der Waals surface area contributed by atoms with E-state index in [9.17, 15) is 0 Å². The molecule has 2 spiro atoms. The van der Waals surface area contributed by atoms with E-state index in [-0.39, 0.29) is 0 Å². The van der Waals surface area contributed by atoms with Crippen molar-refractivity contribution in [2.24, 2.45) is 0 Å². The van der Waals surface area contributed by atoms with Crippen molar-refractivity contribution < 1.29 is 4.74 Å². The van der Waals surface area contributed by atoms with Gasteiger partial charge in [0.2, 0.25) is 0 Å². The molecule has 0 bridgehead atoms. The monoisotopic (exact) mass is 971 g/mol. The summed E-state index contributed by atoms with van der Waals surface area (Å²) in [4.78, 5) is 5.08. The van der Waals surface area contributed by atoms with Crippen LogP contribution in [-0.2, 0) is 10.8 Å². The highest BCUT2D eigenvalue weighted by atomic mass is 32.2. The minimum Gasteiger partial charge on any atom is -0.457 e. The summed E-state index contributed by atoms with van der Waals surface area (Å²) in [6.07, 6.45) is 0. The molecule has 0 saturated carbocycles. The second-order valence-corrected chi connectivity index (χ2v) is 21.3. The molecule has 3 heteroatoms. The van der Waals surface area contributed by atoms with E-state index in [1.807, 2.05) is 11.8 Å². The first kappa shape index (κ1) is 42.4. The molecule has 0 radical (unpaired) electrons. The Morgan fingerprint density at radius 1 is 0.293 bits per heavy atom. The Morgan fingerprint density at radius 3 is 1.40 bits per heavy atom. The number of hydrogen-bond acceptors (Lipinski definition) is 3. The number of benzene rings is 12. The average Bonchev–Trinajstić information content (AvgIpc) is 4.05. The maximum atomic E-state index is 6.78. The SMILES string of the molecule is c1ccc(-c2ccc(-c3ccc(N(c4ccc5c(c4)C4(c6ccccc6Oc6ccccc64)c4ccccc4-5)c4ccc5c(c4)C4(c6ccccc6Sc6ccccc64)c4ccc6ccccc6c4-5)cc3)cc2)cc1. The molecule has 350 valence electrons. The summed E-state index contributed by atoms with van der Waals surface area (Å²) in [5.74, 6) is 1.77. The molecule has 0 N–H and O–H groups in total. The van der Waals surface area contributed by atoms with E-state index < -0.39 is 10.8 Å². The molecule has 0 unspecified atom stereocenters. The quantitative estimate of drug-likeness (QED) is 0.171. The van der Waals surface area contributed by atoms with Gasteiger partial charge >= 0.3 is 0 Å². The lowest BCUT2D eigenvalue weighted by molar-refractivity contribution is 0.436. The molecule has 2 aliphatic heterocycles. The smallest absolute Gasteiger partial charge is 0.132 e. The fourth-order valence-corrected chi connectivity index (χ4v) is 14.7. The first-order chi connectivity index (χ1) is 37.2. The van der Waals surface area contributed by atoms with Gasteiger partial charge in [0, 0.05) is 38.0 Å². The molecular formula is C72H45NOS. The maximum Gasteiger partial charge on any atom is 0.132 e. The Hall–Kier alpha value is -9.15. The molecule has 2 nitrogen and oxygen atoms in total. The zero-order chi connectivity index (χ0) is 49.2. The summed E-state index contributed by atoms with van der Waals surface area (Å²) in [6, 6.07) is 101. The van der Waals surface area contributed by atoms with Crippen LogP contribution in [0.25, 0.3) is 55.3 Å². The van der Waals surface area contributed by atoms with Crippen molar-refractivity contribution in [2.75, 3.05) is 4.90 Å². The number of hydrogen-bond donors (Lipinski definition) is 0. The van der Waals surface area contributed by atoms with E-state index in [0.717, 1.165) is 39.7 Å². The van der Waals surface area contributed by atoms with Gasteiger partial charge < -0.3 is 9.64 Å². The average molecular weight is 972 g/mol. The van der Waals surface area contributed by atoms with Gasteiger partial charge in [0.1, 0.15) is 11.5 Å². The lowest BCUT2D eigenvalue weighted by atomic mass is 9.66. The highest BCUT2D eigenvalue weighted by Gasteiger charge is 2.53. The first-order valence-electron chi connectivity index (χ1n) is 25.9. The van der Waals surface area contributed by atoms with Crippen LogP contribution in [0.4, 0.5) is 17.1 Å². The number of anilines is 3. The molecule has 0 saturated heterocycles. The van der Waals surface area contributed by atoms with E-state index in [4.69, 9.17) is 4.74 Å². The fourth-order valence-electron chi connectivity index (χ4n) is 13.5. The van der Waals surface area contributed by atoms with Gasteiger partial charge in [-0.05, 0) is 149 Å². The van der Waals surface area contributed by atoms with Crippen molar-refractivity contribution in [2.45, 2.75) is 20.6 Å². The van der Waals surface area contributed by atoms with Crippen molar-refractivity contribution in [1.29, 1.82) is 0 Å². The molecule has 2 aliphatic carbocycles. The Morgan fingerprint density at radius 2 is 0.747 bits per heavy atom. The van der Waals surface area contributed by atoms with Gasteiger partial charge in [-0.1, -0.05) is 224 Å². The summed E-state index contributed by atoms with van der Waals surface area (Å²) in [7, 11) is 0. The van der Waals surface area contributed by atoms with Gasteiger partial charge in [0.25, 0.3) is 0 Å². The fraction of sp³-hybridized carbons (Fsp3) is 0.0278. The predicted molar refractivity (Wildman–Crippen MR) is 308 cm³/mol. The van der Waals surface area contributed by atoms with E-state index in [0.29, 0.717) is 0 Å². The lowest BCUT2D eigenvalue weighted by Crippen LogP contribution is -2.32. The normalized spacial score (nSPS) is 14.1. The second-order valence-electron chi connectivity index (χ2n) is 20.2. The number of ether oxygens (including phenoxy) is 1. The van der Waals surface area contributed by atoms with Crippen LogP contribution in [0.2, 0.25) is 0 Å². The molecule has 0 atom stereocenters. The van der Waals surface area contributed by atoms with Crippen LogP contribution in [-0.4, -0.2) is 0 Å². The van der Waals surface area contributed by atoms with Crippen LogP contribution >= 0.6 is 11.8 Å². The molecule has 16 rings (SSSR count). The summed E-state index contributed by atoms with van der Waals surface area (Å²) in [6.45, 7) is 0. The van der Waals surface area contributed by atoms with Gasteiger partial charge in [-0.15, -0.1) is 0 Å². The third kappa shape index (κ3) is 5.93.